The highest BCUT2D eigenvalue weighted by atomic mass is 16.5. The maximum Gasteiger partial charge on any atom is 0.349 e. The van der Waals surface area contributed by atoms with Crippen molar-refractivity contribution in [3.05, 3.63) is 11.1 Å². The lowest BCUT2D eigenvalue weighted by atomic mass is 10.2. The Hall–Kier alpha value is -1.30. The molecule has 0 atom stereocenters. The van der Waals surface area contributed by atoms with Crippen molar-refractivity contribution in [2.75, 3.05) is 0 Å². The SMILES string of the molecule is CC(C)=C(C#N)C(=O)OC(C)C. The van der Waals surface area contributed by atoms with E-state index < -0.39 is 5.97 Å². The summed E-state index contributed by atoms with van der Waals surface area (Å²) in [5, 5.41) is 8.57. The van der Waals surface area contributed by atoms with Crippen LogP contribution in [0.25, 0.3) is 0 Å². The third-order valence-electron chi connectivity index (χ3n) is 1.16. The molecule has 0 aromatic heterocycles. The van der Waals surface area contributed by atoms with Crippen molar-refractivity contribution >= 4 is 5.97 Å². The molecule has 0 radical (unpaired) electrons. The third-order valence-corrected chi connectivity index (χ3v) is 1.16. The molecular formula is C9H13NO2. The molecule has 0 aromatic rings. The normalized spacial score (nSPS) is 9.00. The summed E-state index contributed by atoms with van der Waals surface area (Å²) in [5.41, 5.74) is 0.784. The predicted molar refractivity (Wildman–Crippen MR) is 45.2 cm³/mol. The zero-order chi connectivity index (χ0) is 9.72. The first-order chi connectivity index (χ1) is 5.49. The van der Waals surface area contributed by atoms with Gasteiger partial charge in [-0.3, -0.25) is 0 Å². The molecule has 0 aliphatic carbocycles. The highest BCUT2D eigenvalue weighted by Crippen LogP contribution is 2.05. The van der Waals surface area contributed by atoms with Gasteiger partial charge >= 0.3 is 5.97 Å². The number of carbonyl (C=O) groups is 1. The Morgan fingerprint density at radius 2 is 1.92 bits per heavy atom. The molecule has 0 N–H and O–H groups in total. The summed E-state index contributed by atoms with van der Waals surface area (Å²) in [6.45, 7) is 6.91. The minimum Gasteiger partial charge on any atom is -0.459 e. The van der Waals surface area contributed by atoms with Gasteiger partial charge in [-0.25, -0.2) is 4.79 Å². The van der Waals surface area contributed by atoms with Crippen LogP contribution >= 0.6 is 0 Å². The Balaban J connectivity index is 4.49. The average Bonchev–Trinajstić information content (AvgIpc) is 1.85. The Kier molecular flexibility index (Phi) is 4.06. The van der Waals surface area contributed by atoms with E-state index >= 15 is 0 Å². The fraction of sp³-hybridized carbons (Fsp3) is 0.556. The predicted octanol–water partition coefficient (Wildman–Crippen LogP) is 1.80. The van der Waals surface area contributed by atoms with Crippen molar-refractivity contribution in [3.63, 3.8) is 0 Å². The van der Waals surface area contributed by atoms with E-state index in [1.165, 1.54) is 0 Å². The van der Waals surface area contributed by atoms with Crippen molar-refractivity contribution in [3.8, 4) is 6.07 Å². The summed E-state index contributed by atoms with van der Waals surface area (Å²) in [6.07, 6.45) is -0.180. The van der Waals surface area contributed by atoms with Crippen LogP contribution in [-0.2, 0) is 9.53 Å². The number of allylic oxidation sites excluding steroid dienone is 1. The number of ether oxygens (including phenoxy) is 1. The first-order valence-corrected chi connectivity index (χ1v) is 3.77. The zero-order valence-electron chi connectivity index (χ0n) is 7.84. The number of hydrogen-bond acceptors (Lipinski definition) is 3. The lowest BCUT2D eigenvalue weighted by molar-refractivity contribution is -0.142. The molecule has 0 spiro atoms. The standard InChI is InChI=1S/C9H13NO2/c1-6(2)8(5-10)9(11)12-7(3)4/h7H,1-4H3. The highest BCUT2D eigenvalue weighted by Gasteiger charge is 2.12. The van der Waals surface area contributed by atoms with E-state index in [2.05, 4.69) is 0 Å². The molecule has 0 aromatic carbocycles. The minimum absolute atomic E-state index is 0.101. The third kappa shape index (κ3) is 3.20. The number of rotatable bonds is 2. The molecule has 0 aliphatic rings. The van der Waals surface area contributed by atoms with Gasteiger partial charge in [-0.15, -0.1) is 0 Å². The van der Waals surface area contributed by atoms with Crippen LogP contribution in [0.5, 0.6) is 0 Å². The largest absolute Gasteiger partial charge is 0.459 e. The Morgan fingerprint density at radius 3 is 2.17 bits per heavy atom. The van der Waals surface area contributed by atoms with Crippen molar-refractivity contribution < 1.29 is 9.53 Å². The van der Waals surface area contributed by atoms with Crippen LogP contribution in [0.3, 0.4) is 0 Å². The van der Waals surface area contributed by atoms with E-state index in [-0.39, 0.29) is 11.7 Å². The lowest BCUT2D eigenvalue weighted by Crippen LogP contribution is -2.13. The first kappa shape index (κ1) is 10.7. The Labute approximate surface area is 72.6 Å². The summed E-state index contributed by atoms with van der Waals surface area (Å²) in [6, 6.07) is 1.81. The molecule has 0 heterocycles. The molecule has 0 rings (SSSR count). The van der Waals surface area contributed by atoms with Gasteiger partial charge in [0.05, 0.1) is 6.10 Å². The second-order valence-corrected chi connectivity index (χ2v) is 2.94. The smallest absolute Gasteiger partial charge is 0.349 e. The summed E-state index contributed by atoms with van der Waals surface area (Å²) in [4.78, 5) is 11.1. The minimum atomic E-state index is -0.535. The number of nitrogens with zero attached hydrogens (tertiary/aromatic N) is 1. The molecule has 0 bridgehead atoms. The van der Waals surface area contributed by atoms with Crippen LogP contribution in [0.15, 0.2) is 11.1 Å². The van der Waals surface area contributed by atoms with Crippen LogP contribution in [0, 0.1) is 11.3 Å². The molecule has 0 saturated heterocycles. The number of carbonyl (C=O) groups excluding carboxylic acids is 1. The summed E-state index contributed by atoms with van der Waals surface area (Å²) in [5.74, 6) is -0.535. The van der Waals surface area contributed by atoms with Crippen LogP contribution in [0.4, 0.5) is 0 Å². The van der Waals surface area contributed by atoms with Gasteiger partial charge in [-0.2, -0.15) is 5.26 Å². The van der Waals surface area contributed by atoms with E-state index in [1.807, 2.05) is 6.07 Å². The molecule has 66 valence electrons. The summed E-state index contributed by atoms with van der Waals surface area (Å²) < 4.78 is 4.85. The monoisotopic (exact) mass is 167 g/mol. The Morgan fingerprint density at radius 1 is 1.42 bits per heavy atom. The maximum absolute atomic E-state index is 11.1. The van der Waals surface area contributed by atoms with Gasteiger partial charge in [0, 0.05) is 0 Å². The highest BCUT2D eigenvalue weighted by molar-refractivity contribution is 5.93. The average molecular weight is 167 g/mol. The molecule has 0 amide bonds. The van der Waals surface area contributed by atoms with Crippen LogP contribution in [0.1, 0.15) is 27.7 Å². The van der Waals surface area contributed by atoms with E-state index in [0.717, 1.165) is 0 Å². The van der Waals surface area contributed by atoms with Crippen LogP contribution in [-0.4, -0.2) is 12.1 Å². The van der Waals surface area contributed by atoms with E-state index in [4.69, 9.17) is 10.00 Å². The molecule has 3 heteroatoms. The van der Waals surface area contributed by atoms with Crippen molar-refractivity contribution in [1.82, 2.24) is 0 Å². The summed E-state index contributed by atoms with van der Waals surface area (Å²) in [7, 11) is 0. The van der Waals surface area contributed by atoms with E-state index in [0.29, 0.717) is 5.57 Å². The van der Waals surface area contributed by atoms with Gasteiger partial charge in [0.15, 0.2) is 0 Å². The molecule has 12 heavy (non-hydrogen) atoms. The van der Waals surface area contributed by atoms with Gasteiger partial charge in [-0.1, -0.05) is 5.57 Å². The van der Waals surface area contributed by atoms with Crippen molar-refractivity contribution in [2.24, 2.45) is 0 Å². The van der Waals surface area contributed by atoms with Gasteiger partial charge in [0.25, 0.3) is 0 Å². The number of nitriles is 1. The number of esters is 1. The topological polar surface area (TPSA) is 50.1 Å². The van der Waals surface area contributed by atoms with Gasteiger partial charge in [-0.05, 0) is 27.7 Å². The molecule has 0 saturated carbocycles. The van der Waals surface area contributed by atoms with Crippen LogP contribution < -0.4 is 0 Å². The molecule has 0 aliphatic heterocycles. The fourth-order valence-electron chi connectivity index (χ4n) is 0.635. The molecule has 0 fully saturated rings. The van der Waals surface area contributed by atoms with Gasteiger partial charge in [0.2, 0.25) is 0 Å². The Bertz CT molecular complexity index is 242. The fourth-order valence-corrected chi connectivity index (χ4v) is 0.635. The first-order valence-electron chi connectivity index (χ1n) is 3.77. The van der Waals surface area contributed by atoms with E-state index in [9.17, 15) is 4.79 Å². The molecule has 3 nitrogen and oxygen atoms in total. The molecular weight excluding hydrogens is 154 g/mol. The second kappa shape index (κ2) is 4.55. The quantitative estimate of drug-likeness (QED) is 0.358. The van der Waals surface area contributed by atoms with E-state index in [1.54, 1.807) is 27.7 Å². The molecule has 0 unspecified atom stereocenters. The number of hydrogen-bond donors (Lipinski definition) is 0. The van der Waals surface area contributed by atoms with Gasteiger partial charge in [0.1, 0.15) is 11.6 Å². The van der Waals surface area contributed by atoms with Crippen molar-refractivity contribution in [1.29, 1.82) is 5.26 Å². The van der Waals surface area contributed by atoms with Gasteiger partial charge < -0.3 is 4.74 Å². The zero-order valence-corrected chi connectivity index (χ0v) is 7.84. The van der Waals surface area contributed by atoms with Crippen molar-refractivity contribution in [2.45, 2.75) is 33.8 Å². The maximum atomic E-state index is 11.1. The van der Waals surface area contributed by atoms with Crippen LogP contribution in [0.2, 0.25) is 0 Å². The lowest BCUT2D eigenvalue weighted by Gasteiger charge is -2.06. The summed E-state index contributed by atoms with van der Waals surface area (Å²) >= 11 is 0. The second-order valence-electron chi connectivity index (χ2n) is 2.94.